The van der Waals surface area contributed by atoms with Crippen molar-refractivity contribution >= 4 is 12.2 Å². The van der Waals surface area contributed by atoms with Crippen LogP contribution in [0.2, 0.25) is 0 Å². The van der Waals surface area contributed by atoms with Crippen LogP contribution in [0, 0.1) is 6.92 Å². The number of aromatic amines is 1. The number of nitrogens with one attached hydrogen (secondary N) is 1. The highest BCUT2D eigenvalue weighted by Gasteiger charge is 2.10. The Bertz CT molecular complexity index is 1390. The van der Waals surface area contributed by atoms with Crippen molar-refractivity contribution in [3.63, 3.8) is 0 Å². The lowest BCUT2D eigenvalue weighted by Gasteiger charge is -2.13. The molecule has 0 radical (unpaired) electrons. The minimum atomic E-state index is 0.961. The smallest absolute Gasteiger partial charge is 0.0423 e. The Labute approximate surface area is 266 Å². The molecule has 0 saturated carbocycles. The molecule has 0 spiro atoms. The van der Waals surface area contributed by atoms with Gasteiger partial charge in [-0.2, -0.15) is 0 Å². The van der Waals surface area contributed by atoms with E-state index in [1.54, 1.807) is 0 Å². The van der Waals surface area contributed by atoms with Gasteiger partial charge in [0, 0.05) is 10.7 Å². The molecule has 1 aromatic rings. The molecule has 1 N–H and O–H groups in total. The molecule has 1 heterocycles. The molecule has 0 unspecified atom stereocenters. The van der Waals surface area contributed by atoms with Gasteiger partial charge in [0.05, 0.1) is 0 Å². The van der Waals surface area contributed by atoms with E-state index in [-0.39, 0.29) is 0 Å². The molecule has 0 saturated heterocycles. The van der Waals surface area contributed by atoms with Crippen LogP contribution in [0.5, 0.6) is 0 Å². The van der Waals surface area contributed by atoms with E-state index < -0.39 is 0 Å². The summed E-state index contributed by atoms with van der Waals surface area (Å²) in [6.07, 6.45) is 24.8. The normalized spacial score (nSPS) is 15.3. The maximum absolute atomic E-state index is 4.42. The van der Waals surface area contributed by atoms with Crippen molar-refractivity contribution in [1.82, 2.24) is 4.98 Å². The van der Waals surface area contributed by atoms with Crippen LogP contribution in [-0.4, -0.2) is 4.98 Å². The lowest BCUT2D eigenvalue weighted by atomic mass is 9.92. The lowest BCUT2D eigenvalue weighted by Crippen LogP contribution is -2.12. The predicted octanol–water partition coefficient (Wildman–Crippen LogP) is 11.8. The third-order valence-corrected chi connectivity index (χ3v) is 9.07. The second-order valence-corrected chi connectivity index (χ2v) is 12.1. The van der Waals surface area contributed by atoms with E-state index in [9.17, 15) is 0 Å². The molecule has 0 aromatic carbocycles. The zero-order valence-corrected chi connectivity index (χ0v) is 29.7. The second-order valence-electron chi connectivity index (χ2n) is 12.1. The van der Waals surface area contributed by atoms with E-state index in [1.807, 2.05) is 12.2 Å². The van der Waals surface area contributed by atoms with Gasteiger partial charge in [-0.25, -0.2) is 0 Å². The molecule has 1 nitrogen and oxygen atoms in total. The molecule has 0 bridgehead atoms. The first kappa shape index (κ1) is 38.0. The van der Waals surface area contributed by atoms with Gasteiger partial charge in [-0.15, -0.1) is 0 Å². The fourth-order valence-electron chi connectivity index (χ4n) is 5.76. The van der Waals surface area contributed by atoms with Crippen molar-refractivity contribution in [1.29, 1.82) is 0 Å². The SMILES string of the molecule is C=C/C(CC)=C(\C)C(=C)/C=c1\[nH]/c(=C\C\C(CCCCC)=C(C)/C(C)=C/C(C)=C(C=C)/C(C)=C\C)c(CCCCC)c1C. The fraction of sp³-hybridized carbons (Fsp3) is 0.476. The molecular weight excluding hydrogens is 518 g/mol. The quantitative estimate of drug-likeness (QED) is 0.131. The van der Waals surface area contributed by atoms with Crippen LogP contribution in [0.15, 0.2) is 94.2 Å². The van der Waals surface area contributed by atoms with Gasteiger partial charge in [0.25, 0.3) is 0 Å². The third kappa shape index (κ3) is 11.5. The van der Waals surface area contributed by atoms with Gasteiger partial charge in [-0.3, -0.25) is 0 Å². The largest absolute Gasteiger partial charge is 0.355 e. The second kappa shape index (κ2) is 20.0. The van der Waals surface area contributed by atoms with E-state index >= 15 is 0 Å². The highest BCUT2D eigenvalue weighted by molar-refractivity contribution is 5.58. The molecule has 236 valence electrons. The molecule has 0 aliphatic rings. The molecule has 0 fully saturated rings. The van der Waals surface area contributed by atoms with E-state index in [0.717, 1.165) is 31.3 Å². The molecule has 0 aliphatic carbocycles. The highest BCUT2D eigenvalue weighted by atomic mass is 14.7. The Balaban J connectivity index is 3.76. The minimum Gasteiger partial charge on any atom is -0.355 e. The Morgan fingerprint density at radius 3 is 2.02 bits per heavy atom. The number of aromatic nitrogens is 1. The predicted molar refractivity (Wildman–Crippen MR) is 197 cm³/mol. The summed E-state index contributed by atoms with van der Waals surface area (Å²) >= 11 is 0. The molecule has 1 rings (SSSR count). The zero-order valence-electron chi connectivity index (χ0n) is 29.7. The summed E-state index contributed by atoms with van der Waals surface area (Å²) in [5.74, 6) is 0. The van der Waals surface area contributed by atoms with Crippen molar-refractivity contribution in [2.45, 2.75) is 133 Å². The van der Waals surface area contributed by atoms with E-state index in [0.29, 0.717) is 0 Å². The first-order valence-electron chi connectivity index (χ1n) is 16.8. The molecule has 0 aliphatic heterocycles. The van der Waals surface area contributed by atoms with Crippen LogP contribution in [0.3, 0.4) is 0 Å². The van der Waals surface area contributed by atoms with Crippen molar-refractivity contribution < 1.29 is 0 Å². The van der Waals surface area contributed by atoms with Crippen molar-refractivity contribution in [3.05, 3.63) is 116 Å². The first-order valence-corrected chi connectivity index (χ1v) is 16.8. The maximum Gasteiger partial charge on any atom is 0.0423 e. The Morgan fingerprint density at radius 2 is 1.47 bits per heavy atom. The van der Waals surface area contributed by atoms with Crippen LogP contribution < -0.4 is 10.7 Å². The summed E-state index contributed by atoms with van der Waals surface area (Å²) < 4.78 is 0. The number of hydrogen-bond donors (Lipinski definition) is 1. The summed E-state index contributed by atoms with van der Waals surface area (Å²) in [4.78, 5) is 3.82. The molecular formula is C42H63N. The molecule has 43 heavy (non-hydrogen) atoms. The number of rotatable bonds is 18. The van der Waals surface area contributed by atoms with E-state index in [4.69, 9.17) is 0 Å². The minimum absolute atomic E-state index is 0.961. The van der Waals surface area contributed by atoms with Gasteiger partial charge in [-0.05, 0) is 149 Å². The van der Waals surface area contributed by atoms with E-state index in [2.05, 4.69) is 118 Å². The average molecular weight is 582 g/mol. The van der Waals surface area contributed by atoms with Gasteiger partial charge < -0.3 is 4.98 Å². The Hall–Kier alpha value is -3.06. The van der Waals surface area contributed by atoms with Gasteiger partial charge in [0.1, 0.15) is 0 Å². The summed E-state index contributed by atoms with van der Waals surface area (Å²) in [5, 5.41) is 2.47. The number of allylic oxidation sites excluding steroid dienone is 13. The van der Waals surface area contributed by atoms with Crippen LogP contribution in [0.25, 0.3) is 12.2 Å². The number of H-pyrrole nitrogens is 1. The van der Waals surface area contributed by atoms with Gasteiger partial charge >= 0.3 is 0 Å². The first-order chi connectivity index (χ1) is 20.5. The zero-order chi connectivity index (χ0) is 32.5. The topological polar surface area (TPSA) is 15.8 Å². The van der Waals surface area contributed by atoms with Crippen LogP contribution in [-0.2, 0) is 6.42 Å². The molecule has 1 aromatic heterocycles. The van der Waals surface area contributed by atoms with Gasteiger partial charge in [-0.1, -0.05) is 102 Å². The summed E-state index contributed by atoms with van der Waals surface area (Å²) in [6, 6.07) is 0. The van der Waals surface area contributed by atoms with E-state index in [1.165, 1.54) is 105 Å². The molecule has 0 atom stereocenters. The van der Waals surface area contributed by atoms with Crippen LogP contribution >= 0.6 is 0 Å². The van der Waals surface area contributed by atoms with Crippen molar-refractivity contribution in [3.8, 4) is 0 Å². The van der Waals surface area contributed by atoms with Crippen molar-refractivity contribution in [2.24, 2.45) is 0 Å². The maximum atomic E-state index is 4.42. The number of unbranched alkanes of at least 4 members (excludes halogenated alkanes) is 4. The summed E-state index contributed by atoms with van der Waals surface area (Å²) in [7, 11) is 0. The standard InChI is InChI=1S/C42H63N/c1-14-20-22-24-38(35(12)31(8)28-33(10)39(19-6)30(7)16-3)26-27-41-40(25-23-21-15-2)36(13)42(43-41)29-32(9)34(11)37(17-4)18-5/h16-17,19,27-29,43H,4,6,9,14-15,18,20-26H2,1-3,5,7-8,10-13H3/b30-16-,31-28+,37-34-,38-35-,39-33+,41-27-,42-29-. The lowest BCUT2D eigenvalue weighted by molar-refractivity contribution is 0.704. The third-order valence-electron chi connectivity index (χ3n) is 9.07. The van der Waals surface area contributed by atoms with Gasteiger partial charge in [0.2, 0.25) is 0 Å². The Morgan fingerprint density at radius 1 is 0.814 bits per heavy atom. The Kier molecular flexibility index (Phi) is 17.7. The molecule has 1 heteroatoms. The van der Waals surface area contributed by atoms with Crippen LogP contribution in [0.1, 0.15) is 131 Å². The summed E-state index contributed by atoms with van der Waals surface area (Å²) in [5.41, 5.74) is 14.4. The van der Waals surface area contributed by atoms with Crippen molar-refractivity contribution in [2.75, 3.05) is 0 Å². The molecule has 0 amide bonds. The van der Waals surface area contributed by atoms with Gasteiger partial charge in [0.15, 0.2) is 0 Å². The van der Waals surface area contributed by atoms with Crippen LogP contribution in [0.4, 0.5) is 0 Å². The fourth-order valence-corrected chi connectivity index (χ4v) is 5.76. The monoisotopic (exact) mass is 581 g/mol. The summed E-state index contributed by atoms with van der Waals surface area (Å²) in [6.45, 7) is 34.7. The average Bonchev–Trinajstić information content (AvgIpc) is 3.28. The highest BCUT2D eigenvalue weighted by Crippen LogP contribution is 2.26. The number of hydrogen-bond acceptors (Lipinski definition) is 0.